The molecule has 1 unspecified atom stereocenters. The Morgan fingerprint density at radius 3 is 2.53 bits per heavy atom. The number of rotatable bonds is 2. The van der Waals surface area contributed by atoms with Crippen molar-refractivity contribution in [2.24, 2.45) is 5.92 Å². The van der Waals surface area contributed by atoms with E-state index in [0.717, 1.165) is 19.2 Å². The molecule has 1 N–H and O–H groups in total. The summed E-state index contributed by atoms with van der Waals surface area (Å²) in [6, 6.07) is 1.47. The van der Waals surface area contributed by atoms with Gasteiger partial charge in [-0.3, -0.25) is 0 Å². The van der Waals surface area contributed by atoms with Crippen molar-refractivity contribution in [2.45, 2.75) is 57.2 Å². The number of ether oxygens (including phenoxy) is 1. The summed E-state index contributed by atoms with van der Waals surface area (Å²) in [5, 5.41) is 3.70. The van der Waals surface area contributed by atoms with Gasteiger partial charge in [-0.2, -0.15) is 0 Å². The first-order valence-corrected chi connectivity index (χ1v) is 7.33. The molecule has 0 amide bonds. The average Bonchev–Trinajstić information content (AvgIpc) is 3.14. The maximum Gasteiger partial charge on any atom is 0.0862 e. The number of nitrogens with one attached hydrogen (secondary N) is 1. The number of hydrogen-bond acceptors (Lipinski definition) is 3. The molecule has 3 fully saturated rings. The fraction of sp³-hybridized carbons (Fsp3) is 1.00. The maximum absolute atomic E-state index is 6.24. The van der Waals surface area contributed by atoms with Crippen molar-refractivity contribution in [3.05, 3.63) is 0 Å². The van der Waals surface area contributed by atoms with Gasteiger partial charge in [0, 0.05) is 31.7 Å². The van der Waals surface area contributed by atoms with Crippen LogP contribution in [0.5, 0.6) is 0 Å². The minimum atomic E-state index is 0.137. The van der Waals surface area contributed by atoms with Gasteiger partial charge < -0.3 is 15.0 Å². The van der Waals surface area contributed by atoms with Crippen LogP contribution in [0, 0.1) is 5.92 Å². The monoisotopic (exact) mass is 238 g/mol. The van der Waals surface area contributed by atoms with Crippen molar-refractivity contribution in [2.75, 3.05) is 26.2 Å². The Bertz CT molecular complexity index is 267. The highest BCUT2D eigenvalue weighted by Gasteiger charge is 2.47. The molecule has 0 aromatic carbocycles. The lowest BCUT2D eigenvalue weighted by Crippen LogP contribution is -2.63. The predicted octanol–water partition coefficient (Wildman–Crippen LogP) is 1.63. The first-order valence-electron chi connectivity index (χ1n) is 7.33. The predicted molar refractivity (Wildman–Crippen MR) is 69.1 cm³/mol. The molecule has 2 saturated heterocycles. The quantitative estimate of drug-likeness (QED) is 0.791. The van der Waals surface area contributed by atoms with E-state index in [-0.39, 0.29) is 5.60 Å². The lowest BCUT2D eigenvalue weighted by Gasteiger charge is -2.50. The van der Waals surface area contributed by atoms with E-state index in [1.54, 1.807) is 0 Å². The van der Waals surface area contributed by atoms with E-state index in [9.17, 15) is 0 Å². The second kappa shape index (κ2) is 4.52. The van der Waals surface area contributed by atoms with Crippen molar-refractivity contribution in [3.8, 4) is 0 Å². The van der Waals surface area contributed by atoms with E-state index in [1.165, 1.54) is 38.8 Å². The molecule has 3 aliphatic rings. The number of piperidine rings is 1. The third kappa shape index (κ3) is 2.25. The highest BCUT2D eigenvalue weighted by atomic mass is 16.5. The third-order valence-electron chi connectivity index (χ3n) is 4.80. The third-order valence-corrected chi connectivity index (χ3v) is 4.80. The van der Waals surface area contributed by atoms with E-state index in [2.05, 4.69) is 24.1 Å². The molecule has 3 rings (SSSR count). The van der Waals surface area contributed by atoms with E-state index in [0.29, 0.717) is 12.0 Å². The van der Waals surface area contributed by atoms with Crippen LogP contribution < -0.4 is 5.32 Å². The zero-order valence-electron chi connectivity index (χ0n) is 11.2. The summed E-state index contributed by atoms with van der Waals surface area (Å²) in [5.74, 6) is 0.669. The molecule has 1 atom stereocenters. The van der Waals surface area contributed by atoms with Gasteiger partial charge in [0.2, 0.25) is 0 Å². The van der Waals surface area contributed by atoms with Gasteiger partial charge in [-0.05, 0) is 31.6 Å². The summed E-state index contributed by atoms with van der Waals surface area (Å²) in [7, 11) is 0. The topological polar surface area (TPSA) is 24.5 Å². The lowest BCUT2D eigenvalue weighted by atomic mass is 9.78. The normalized spacial score (nSPS) is 34.4. The Balaban J connectivity index is 1.67. The molecule has 1 saturated carbocycles. The summed E-state index contributed by atoms with van der Waals surface area (Å²) in [4.78, 5) is 2.68. The molecule has 17 heavy (non-hydrogen) atoms. The molecular weight excluding hydrogens is 212 g/mol. The van der Waals surface area contributed by atoms with Gasteiger partial charge in [-0.1, -0.05) is 13.8 Å². The van der Waals surface area contributed by atoms with Crippen molar-refractivity contribution < 1.29 is 4.74 Å². The molecular formula is C14H26N2O. The Kier molecular flexibility index (Phi) is 3.18. The molecule has 0 aromatic heterocycles. The van der Waals surface area contributed by atoms with Crippen LogP contribution in [0.4, 0.5) is 0 Å². The minimum absolute atomic E-state index is 0.137. The SMILES string of the molecule is CC(C)C1NCCOC12CCN(C1CC1)CC2. The molecule has 3 heteroatoms. The van der Waals surface area contributed by atoms with Crippen LogP contribution in [0.1, 0.15) is 39.5 Å². The largest absolute Gasteiger partial charge is 0.372 e. The van der Waals surface area contributed by atoms with Gasteiger partial charge in [0.25, 0.3) is 0 Å². The number of likely N-dealkylation sites (tertiary alicyclic amines) is 1. The fourth-order valence-corrected chi connectivity index (χ4v) is 3.75. The smallest absolute Gasteiger partial charge is 0.0862 e. The maximum atomic E-state index is 6.24. The lowest BCUT2D eigenvalue weighted by molar-refractivity contribution is -0.137. The Labute approximate surface area is 105 Å². The van der Waals surface area contributed by atoms with Crippen molar-refractivity contribution in [3.63, 3.8) is 0 Å². The van der Waals surface area contributed by atoms with Gasteiger partial charge in [-0.15, -0.1) is 0 Å². The summed E-state index contributed by atoms with van der Waals surface area (Å²) < 4.78 is 6.24. The van der Waals surface area contributed by atoms with E-state index in [4.69, 9.17) is 4.74 Å². The zero-order chi connectivity index (χ0) is 11.9. The molecule has 0 radical (unpaired) electrons. The van der Waals surface area contributed by atoms with E-state index >= 15 is 0 Å². The van der Waals surface area contributed by atoms with Crippen LogP contribution in [0.3, 0.4) is 0 Å². The Morgan fingerprint density at radius 1 is 1.24 bits per heavy atom. The van der Waals surface area contributed by atoms with Gasteiger partial charge in [0.15, 0.2) is 0 Å². The van der Waals surface area contributed by atoms with Crippen LogP contribution in [0.2, 0.25) is 0 Å². The molecule has 0 aromatic rings. The van der Waals surface area contributed by atoms with Crippen LogP contribution in [-0.2, 0) is 4.74 Å². The van der Waals surface area contributed by atoms with Crippen LogP contribution in [-0.4, -0.2) is 48.8 Å². The van der Waals surface area contributed by atoms with Gasteiger partial charge in [0.05, 0.1) is 12.2 Å². The van der Waals surface area contributed by atoms with E-state index < -0.39 is 0 Å². The summed E-state index contributed by atoms with van der Waals surface area (Å²) in [5.41, 5.74) is 0.137. The molecule has 0 bridgehead atoms. The van der Waals surface area contributed by atoms with E-state index in [1.807, 2.05) is 0 Å². The summed E-state index contributed by atoms with van der Waals surface area (Å²) in [6.07, 6.45) is 5.30. The highest BCUT2D eigenvalue weighted by Crippen LogP contribution is 2.38. The second-order valence-electron chi connectivity index (χ2n) is 6.36. The van der Waals surface area contributed by atoms with Gasteiger partial charge in [-0.25, -0.2) is 0 Å². The average molecular weight is 238 g/mol. The summed E-state index contributed by atoms with van der Waals surface area (Å²) in [6.45, 7) is 9.05. The zero-order valence-corrected chi connectivity index (χ0v) is 11.2. The number of nitrogens with zero attached hydrogens (tertiary/aromatic N) is 1. The Hall–Kier alpha value is -0.120. The molecule has 1 aliphatic carbocycles. The minimum Gasteiger partial charge on any atom is -0.372 e. The second-order valence-corrected chi connectivity index (χ2v) is 6.36. The Morgan fingerprint density at radius 2 is 1.94 bits per heavy atom. The molecule has 2 aliphatic heterocycles. The highest BCUT2D eigenvalue weighted by molar-refractivity contribution is 5.02. The van der Waals surface area contributed by atoms with Crippen LogP contribution >= 0.6 is 0 Å². The standard InChI is InChI=1S/C14H26N2O/c1-11(2)13-14(17-10-7-15-13)5-8-16(9-6-14)12-3-4-12/h11-13,15H,3-10H2,1-2H3. The number of morpholine rings is 1. The first-order chi connectivity index (χ1) is 8.21. The van der Waals surface area contributed by atoms with Crippen LogP contribution in [0.15, 0.2) is 0 Å². The van der Waals surface area contributed by atoms with Crippen molar-refractivity contribution in [1.29, 1.82) is 0 Å². The van der Waals surface area contributed by atoms with Crippen LogP contribution in [0.25, 0.3) is 0 Å². The number of hydrogen-bond donors (Lipinski definition) is 1. The first kappa shape index (κ1) is 11.9. The van der Waals surface area contributed by atoms with Crippen molar-refractivity contribution >= 4 is 0 Å². The van der Waals surface area contributed by atoms with Gasteiger partial charge >= 0.3 is 0 Å². The summed E-state index contributed by atoms with van der Waals surface area (Å²) >= 11 is 0. The van der Waals surface area contributed by atoms with Crippen molar-refractivity contribution in [1.82, 2.24) is 10.2 Å². The molecule has 3 nitrogen and oxygen atoms in total. The molecule has 1 spiro atoms. The fourth-order valence-electron chi connectivity index (χ4n) is 3.75. The molecule has 98 valence electrons. The van der Waals surface area contributed by atoms with Gasteiger partial charge in [0.1, 0.15) is 0 Å². The molecule has 2 heterocycles.